The zero-order valence-electron chi connectivity index (χ0n) is 16.2. The number of benzene rings is 1. The van der Waals surface area contributed by atoms with Crippen molar-refractivity contribution >= 4 is 17.5 Å². The average molecular weight is 400 g/mol. The summed E-state index contributed by atoms with van der Waals surface area (Å²) in [6.45, 7) is 7.76. The van der Waals surface area contributed by atoms with Crippen LogP contribution in [0, 0.1) is 22.2 Å². The Kier molecular flexibility index (Phi) is 4.82. The summed E-state index contributed by atoms with van der Waals surface area (Å²) in [6, 6.07) is 6.95. The van der Waals surface area contributed by atoms with Gasteiger partial charge in [-0.2, -0.15) is 5.26 Å². The lowest BCUT2D eigenvalue weighted by Gasteiger charge is -2.69. The van der Waals surface area contributed by atoms with Crippen LogP contribution in [0.1, 0.15) is 43.6 Å². The van der Waals surface area contributed by atoms with Gasteiger partial charge in [-0.15, -0.1) is 0 Å². The summed E-state index contributed by atoms with van der Waals surface area (Å²) in [6.07, 6.45) is 3.94. The maximum atomic E-state index is 12.6. The van der Waals surface area contributed by atoms with Crippen molar-refractivity contribution in [3.05, 3.63) is 53.1 Å². The Hall–Kier alpha value is -2.69. The lowest BCUT2D eigenvalue weighted by molar-refractivity contribution is -0.223. The van der Waals surface area contributed by atoms with Crippen LogP contribution in [0.5, 0.6) is 5.75 Å². The second-order valence-corrected chi connectivity index (χ2v) is 8.49. The Morgan fingerprint density at radius 2 is 1.86 bits per heavy atom. The van der Waals surface area contributed by atoms with Gasteiger partial charge in [0.05, 0.1) is 16.1 Å². The molecule has 146 valence electrons. The van der Waals surface area contributed by atoms with Crippen LogP contribution in [-0.2, 0) is 0 Å². The third kappa shape index (κ3) is 2.89. The van der Waals surface area contributed by atoms with Crippen LogP contribution in [0.25, 0.3) is 0 Å². The number of nitrogens with one attached hydrogen (secondary N) is 1. The van der Waals surface area contributed by atoms with Crippen molar-refractivity contribution in [2.24, 2.45) is 16.6 Å². The van der Waals surface area contributed by atoms with Crippen molar-refractivity contribution < 1.29 is 9.53 Å². The fraction of sp³-hybridized carbons (Fsp3) is 0.400. The van der Waals surface area contributed by atoms with E-state index in [4.69, 9.17) is 27.3 Å². The molecule has 0 atom stereocenters. The Balaban J connectivity index is 1.84. The molecular weight excluding hydrogens is 378 g/mol. The second-order valence-electron chi connectivity index (χ2n) is 8.08. The number of carbonyl (C=O) groups is 1. The van der Waals surface area contributed by atoms with Crippen molar-refractivity contribution in [3.63, 3.8) is 0 Å². The average Bonchev–Trinajstić information content (AvgIpc) is 2.66. The maximum absolute atomic E-state index is 12.6. The molecule has 1 aromatic heterocycles. The largest absolute Gasteiger partial charge is 0.489 e. The van der Waals surface area contributed by atoms with Gasteiger partial charge in [0, 0.05) is 29.3 Å². The van der Waals surface area contributed by atoms with Crippen molar-refractivity contribution in [1.82, 2.24) is 15.3 Å². The van der Waals surface area contributed by atoms with E-state index in [2.05, 4.69) is 15.3 Å². The molecule has 1 amide bonds. The Labute approximate surface area is 168 Å². The first-order chi connectivity index (χ1) is 13.0. The Morgan fingerprint density at radius 3 is 2.39 bits per heavy atom. The SMILES string of the molecule is CC1(C)C(Oc2ccc(C#N)c(Cl)c2)C(C)(C)C1(N)NC(=O)c1cncnc1. The summed E-state index contributed by atoms with van der Waals surface area (Å²) >= 11 is 6.11. The summed E-state index contributed by atoms with van der Waals surface area (Å²) in [5.74, 6) is 0.198. The van der Waals surface area contributed by atoms with Gasteiger partial charge in [-0.3, -0.25) is 4.79 Å². The Bertz CT molecular complexity index is 937. The predicted molar refractivity (Wildman–Crippen MR) is 105 cm³/mol. The molecule has 0 unspecified atom stereocenters. The smallest absolute Gasteiger partial charge is 0.255 e. The highest BCUT2D eigenvalue weighted by Gasteiger charge is 2.73. The number of hydrogen-bond donors (Lipinski definition) is 2. The standard InChI is InChI=1S/C20H22ClN5O2/c1-18(2)17(28-14-6-5-12(8-22)15(21)7-14)19(3,4)20(18,23)26-16(27)13-9-24-11-25-10-13/h5-7,9-11,17H,23H2,1-4H3,(H,26,27). The molecule has 7 nitrogen and oxygen atoms in total. The molecule has 1 aliphatic carbocycles. The highest BCUT2D eigenvalue weighted by Crippen LogP contribution is 2.60. The highest BCUT2D eigenvalue weighted by atomic mass is 35.5. The summed E-state index contributed by atoms with van der Waals surface area (Å²) in [5, 5.41) is 12.3. The lowest BCUT2D eigenvalue weighted by Crippen LogP contribution is -2.87. The number of nitrogens with two attached hydrogens (primary N) is 1. The van der Waals surface area contributed by atoms with E-state index in [9.17, 15) is 4.79 Å². The molecular formula is C20H22ClN5O2. The molecule has 1 heterocycles. The van der Waals surface area contributed by atoms with Gasteiger partial charge in [0.1, 0.15) is 29.9 Å². The molecule has 8 heteroatoms. The summed E-state index contributed by atoms with van der Waals surface area (Å²) in [4.78, 5) is 20.4. The molecule has 28 heavy (non-hydrogen) atoms. The summed E-state index contributed by atoms with van der Waals surface area (Å²) in [7, 11) is 0. The van der Waals surface area contributed by atoms with Gasteiger partial charge in [-0.1, -0.05) is 39.3 Å². The van der Waals surface area contributed by atoms with Crippen molar-refractivity contribution in [1.29, 1.82) is 5.26 Å². The number of rotatable bonds is 4. The number of halogens is 1. The number of hydrogen-bond acceptors (Lipinski definition) is 6. The van der Waals surface area contributed by atoms with Crippen LogP contribution in [-0.4, -0.2) is 27.6 Å². The minimum absolute atomic E-state index is 0.304. The van der Waals surface area contributed by atoms with Crippen molar-refractivity contribution in [3.8, 4) is 11.8 Å². The molecule has 1 aromatic carbocycles. The molecule has 0 radical (unpaired) electrons. The maximum Gasteiger partial charge on any atom is 0.255 e. The van der Waals surface area contributed by atoms with E-state index in [1.165, 1.54) is 18.7 Å². The normalized spacial score (nSPS) is 24.5. The lowest BCUT2D eigenvalue weighted by atomic mass is 9.45. The van der Waals surface area contributed by atoms with E-state index in [0.717, 1.165) is 0 Å². The highest BCUT2D eigenvalue weighted by molar-refractivity contribution is 6.31. The van der Waals surface area contributed by atoms with Crippen LogP contribution < -0.4 is 15.8 Å². The van der Waals surface area contributed by atoms with Gasteiger partial charge >= 0.3 is 0 Å². The van der Waals surface area contributed by atoms with Gasteiger partial charge in [-0.25, -0.2) is 9.97 Å². The molecule has 3 rings (SSSR count). The molecule has 1 fully saturated rings. The number of amides is 1. The fourth-order valence-electron chi connectivity index (χ4n) is 4.15. The molecule has 0 bridgehead atoms. The molecule has 1 aliphatic rings. The minimum Gasteiger partial charge on any atom is -0.489 e. The van der Waals surface area contributed by atoms with Crippen molar-refractivity contribution in [2.45, 2.75) is 39.5 Å². The number of aromatic nitrogens is 2. The van der Waals surface area contributed by atoms with Crippen LogP contribution in [0.3, 0.4) is 0 Å². The minimum atomic E-state index is -1.03. The molecule has 0 spiro atoms. The molecule has 0 aliphatic heterocycles. The number of carbonyl (C=O) groups excluding carboxylic acids is 1. The van der Waals surface area contributed by atoms with E-state index in [1.807, 2.05) is 33.8 Å². The molecule has 2 aromatic rings. The molecule has 0 saturated heterocycles. The van der Waals surface area contributed by atoms with Crippen LogP contribution in [0.4, 0.5) is 0 Å². The quantitative estimate of drug-likeness (QED) is 0.764. The number of ether oxygens (including phenoxy) is 1. The van der Waals surface area contributed by atoms with Gasteiger partial charge < -0.3 is 15.8 Å². The zero-order chi connectivity index (χ0) is 20.7. The van der Waals surface area contributed by atoms with Gasteiger partial charge in [0.25, 0.3) is 5.91 Å². The topological polar surface area (TPSA) is 114 Å². The predicted octanol–water partition coefficient (Wildman–Crippen LogP) is 2.90. The Morgan fingerprint density at radius 1 is 1.25 bits per heavy atom. The van der Waals surface area contributed by atoms with E-state index in [-0.39, 0.29) is 12.0 Å². The van der Waals surface area contributed by atoms with E-state index >= 15 is 0 Å². The van der Waals surface area contributed by atoms with Gasteiger partial charge in [0.2, 0.25) is 0 Å². The molecule has 3 N–H and O–H groups in total. The second kappa shape index (κ2) is 6.73. The number of nitriles is 1. The van der Waals surface area contributed by atoms with Crippen LogP contribution in [0.2, 0.25) is 5.02 Å². The van der Waals surface area contributed by atoms with Crippen molar-refractivity contribution in [2.75, 3.05) is 0 Å². The first-order valence-corrected chi connectivity index (χ1v) is 9.15. The zero-order valence-corrected chi connectivity index (χ0v) is 16.9. The third-order valence-corrected chi connectivity index (χ3v) is 6.10. The van der Waals surface area contributed by atoms with E-state index in [1.54, 1.807) is 18.2 Å². The third-order valence-electron chi connectivity index (χ3n) is 5.79. The first-order valence-electron chi connectivity index (χ1n) is 8.77. The van der Waals surface area contributed by atoms with Crippen LogP contribution >= 0.6 is 11.6 Å². The summed E-state index contributed by atoms with van der Waals surface area (Å²) < 4.78 is 6.19. The molecule has 1 saturated carbocycles. The van der Waals surface area contributed by atoms with Gasteiger partial charge in [0.15, 0.2) is 0 Å². The van der Waals surface area contributed by atoms with E-state index in [0.29, 0.717) is 21.9 Å². The first kappa shape index (κ1) is 20.1. The fourth-order valence-corrected chi connectivity index (χ4v) is 4.36. The number of nitrogens with zero attached hydrogens (tertiary/aromatic N) is 3. The monoisotopic (exact) mass is 399 g/mol. The van der Waals surface area contributed by atoms with Crippen LogP contribution in [0.15, 0.2) is 36.9 Å². The van der Waals surface area contributed by atoms with E-state index < -0.39 is 16.5 Å². The summed E-state index contributed by atoms with van der Waals surface area (Å²) in [5.41, 5.74) is 5.19. The van der Waals surface area contributed by atoms with Gasteiger partial charge in [-0.05, 0) is 12.1 Å².